The second-order valence-electron chi connectivity index (χ2n) is 6.15. The number of hydrogen-bond donors (Lipinski definition) is 2. The Morgan fingerprint density at radius 1 is 1.35 bits per heavy atom. The van der Waals surface area contributed by atoms with Crippen LogP contribution in [0.3, 0.4) is 0 Å². The molecule has 1 aromatic carbocycles. The number of nitrogens with one attached hydrogen (secondary N) is 2. The second-order valence-corrected chi connectivity index (χ2v) is 6.15. The molecule has 23 heavy (non-hydrogen) atoms. The number of aryl methyl sites for hydroxylation is 1. The molecule has 1 aromatic heterocycles. The summed E-state index contributed by atoms with van der Waals surface area (Å²) in [7, 11) is 1.65. The molecule has 1 amide bonds. The molecule has 0 atom stereocenters. The van der Waals surface area contributed by atoms with E-state index in [1.165, 1.54) is 31.3 Å². The van der Waals surface area contributed by atoms with E-state index in [0.29, 0.717) is 12.2 Å². The predicted octanol–water partition coefficient (Wildman–Crippen LogP) is 4.11. The van der Waals surface area contributed by atoms with Crippen molar-refractivity contribution in [2.75, 3.05) is 13.7 Å². The summed E-state index contributed by atoms with van der Waals surface area (Å²) in [6.07, 6.45) is 8.23. The number of rotatable bonds is 5. The van der Waals surface area contributed by atoms with Crippen LogP contribution in [0.15, 0.2) is 29.8 Å². The molecule has 0 unspecified atom stereocenters. The van der Waals surface area contributed by atoms with Crippen molar-refractivity contribution < 1.29 is 9.53 Å². The van der Waals surface area contributed by atoms with Crippen LogP contribution in [0, 0.1) is 6.92 Å². The Labute approximate surface area is 136 Å². The smallest absolute Gasteiger partial charge is 0.268 e. The van der Waals surface area contributed by atoms with Crippen LogP contribution in [-0.4, -0.2) is 24.5 Å². The summed E-state index contributed by atoms with van der Waals surface area (Å²) in [6, 6.07) is 5.81. The first kappa shape index (κ1) is 15.7. The third-order valence-corrected chi connectivity index (χ3v) is 4.61. The zero-order valence-electron chi connectivity index (χ0n) is 13.9. The highest BCUT2D eigenvalue weighted by Crippen LogP contribution is 2.26. The van der Waals surface area contributed by atoms with E-state index in [4.69, 9.17) is 4.74 Å². The summed E-state index contributed by atoms with van der Waals surface area (Å²) in [5.74, 6) is 0.768. The number of fused-ring (bicyclic) bond motifs is 1. The molecule has 0 saturated heterocycles. The van der Waals surface area contributed by atoms with Crippen molar-refractivity contribution in [2.24, 2.45) is 0 Å². The number of hydrogen-bond acceptors (Lipinski definition) is 2. The summed E-state index contributed by atoms with van der Waals surface area (Å²) >= 11 is 0. The second kappa shape index (κ2) is 6.90. The van der Waals surface area contributed by atoms with Crippen LogP contribution in [-0.2, 0) is 0 Å². The zero-order chi connectivity index (χ0) is 16.2. The maximum atomic E-state index is 12.4. The minimum absolute atomic E-state index is 0.0333. The Balaban J connectivity index is 1.68. The van der Waals surface area contributed by atoms with Gasteiger partial charge in [0.25, 0.3) is 5.91 Å². The van der Waals surface area contributed by atoms with Gasteiger partial charge < -0.3 is 15.0 Å². The molecule has 0 saturated carbocycles. The highest BCUT2D eigenvalue weighted by molar-refractivity contribution is 6.01. The fraction of sp³-hybridized carbons (Fsp3) is 0.421. The standard InChI is InChI=1S/C19H24N2O2/c1-13-16-12-15(23-2)8-9-17(16)21-18(13)19(22)20-11-10-14-6-4-3-5-7-14/h6,8-9,12,21H,3-5,7,10-11H2,1-2H3,(H,20,22). The topological polar surface area (TPSA) is 54.1 Å². The molecular weight excluding hydrogens is 288 g/mol. The highest BCUT2D eigenvalue weighted by atomic mass is 16.5. The minimum Gasteiger partial charge on any atom is -0.497 e. The van der Waals surface area contributed by atoms with Crippen molar-refractivity contribution in [3.63, 3.8) is 0 Å². The average molecular weight is 312 g/mol. The number of aromatic amines is 1. The molecule has 1 heterocycles. The first-order valence-electron chi connectivity index (χ1n) is 8.31. The van der Waals surface area contributed by atoms with Gasteiger partial charge in [0.15, 0.2) is 0 Å². The van der Waals surface area contributed by atoms with Gasteiger partial charge in [0.05, 0.1) is 7.11 Å². The molecule has 3 rings (SSSR count). The van der Waals surface area contributed by atoms with Crippen molar-refractivity contribution >= 4 is 16.8 Å². The van der Waals surface area contributed by atoms with Gasteiger partial charge in [-0.1, -0.05) is 11.6 Å². The minimum atomic E-state index is -0.0333. The monoisotopic (exact) mass is 312 g/mol. The Morgan fingerprint density at radius 3 is 2.96 bits per heavy atom. The normalized spacial score (nSPS) is 14.6. The lowest BCUT2D eigenvalue weighted by Gasteiger charge is -2.12. The SMILES string of the molecule is COc1ccc2[nH]c(C(=O)NCCC3=CCCCC3)c(C)c2c1. The van der Waals surface area contributed by atoms with Gasteiger partial charge in [-0.15, -0.1) is 0 Å². The fourth-order valence-electron chi connectivity index (χ4n) is 3.22. The Morgan fingerprint density at radius 2 is 2.22 bits per heavy atom. The molecule has 1 aliphatic carbocycles. The van der Waals surface area contributed by atoms with Gasteiger partial charge in [0.1, 0.15) is 11.4 Å². The maximum Gasteiger partial charge on any atom is 0.268 e. The van der Waals surface area contributed by atoms with E-state index in [2.05, 4.69) is 16.4 Å². The largest absolute Gasteiger partial charge is 0.497 e. The molecule has 2 N–H and O–H groups in total. The molecule has 0 fully saturated rings. The number of amides is 1. The van der Waals surface area contributed by atoms with E-state index >= 15 is 0 Å². The first-order valence-corrected chi connectivity index (χ1v) is 8.31. The van der Waals surface area contributed by atoms with Gasteiger partial charge in [-0.2, -0.15) is 0 Å². The number of allylic oxidation sites excluding steroid dienone is 1. The summed E-state index contributed by atoms with van der Waals surface area (Å²) < 4.78 is 5.26. The third kappa shape index (κ3) is 3.41. The predicted molar refractivity (Wildman–Crippen MR) is 93.1 cm³/mol. The van der Waals surface area contributed by atoms with E-state index in [9.17, 15) is 4.79 Å². The number of carbonyl (C=O) groups excluding carboxylic acids is 1. The third-order valence-electron chi connectivity index (χ3n) is 4.61. The Hall–Kier alpha value is -2.23. The summed E-state index contributed by atoms with van der Waals surface area (Å²) in [5, 5.41) is 4.07. The quantitative estimate of drug-likeness (QED) is 0.817. The van der Waals surface area contributed by atoms with Gasteiger partial charge in [0.2, 0.25) is 0 Å². The van der Waals surface area contributed by atoms with Crippen LogP contribution in [0.4, 0.5) is 0 Å². The van der Waals surface area contributed by atoms with Crippen molar-refractivity contribution in [3.8, 4) is 5.75 Å². The molecular formula is C19H24N2O2. The van der Waals surface area contributed by atoms with Gasteiger partial charge in [-0.05, 0) is 62.8 Å². The Kier molecular flexibility index (Phi) is 4.70. The number of H-pyrrole nitrogens is 1. The fourth-order valence-corrected chi connectivity index (χ4v) is 3.22. The van der Waals surface area contributed by atoms with E-state index < -0.39 is 0 Å². The van der Waals surface area contributed by atoms with Crippen molar-refractivity contribution in [1.82, 2.24) is 10.3 Å². The van der Waals surface area contributed by atoms with Crippen molar-refractivity contribution in [2.45, 2.75) is 39.0 Å². The molecule has 4 nitrogen and oxygen atoms in total. The summed E-state index contributed by atoms with van der Waals surface area (Å²) in [4.78, 5) is 15.7. The molecule has 4 heteroatoms. The highest BCUT2D eigenvalue weighted by Gasteiger charge is 2.15. The summed E-state index contributed by atoms with van der Waals surface area (Å²) in [6.45, 7) is 2.67. The van der Waals surface area contributed by atoms with Crippen LogP contribution in [0.1, 0.15) is 48.2 Å². The molecule has 0 radical (unpaired) electrons. The number of aromatic nitrogens is 1. The van der Waals surface area contributed by atoms with Crippen molar-refractivity contribution in [1.29, 1.82) is 0 Å². The first-order chi connectivity index (χ1) is 11.2. The van der Waals surface area contributed by atoms with Crippen LogP contribution >= 0.6 is 0 Å². The van der Waals surface area contributed by atoms with Gasteiger partial charge in [0, 0.05) is 17.4 Å². The number of carbonyl (C=O) groups is 1. The van der Waals surface area contributed by atoms with E-state index in [0.717, 1.165) is 28.6 Å². The maximum absolute atomic E-state index is 12.4. The van der Waals surface area contributed by atoms with Crippen molar-refractivity contribution in [3.05, 3.63) is 41.1 Å². The Bertz CT molecular complexity index is 743. The molecule has 1 aliphatic rings. The van der Waals surface area contributed by atoms with Gasteiger partial charge >= 0.3 is 0 Å². The molecule has 0 bridgehead atoms. The molecule has 122 valence electrons. The van der Waals surface area contributed by atoms with Gasteiger partial charge in [-0.25, -0.2) is 0 Å². The lowest BCUT2D eigenvalue weighted by Crippen LogP contribution is -2.25. The molecule has 0 spiro atoms. The van der Waals surface area contributed by atoms with Crippen LogP contribution in [0.2, 0.25) is 0 Å². The number of benzene rings is 1. The van der Waals surface area contributed by atoms with Crippen LogP contribution in [0.5, 0.6) is 5.75 Å². The van der Waals surface area contributed by atoms with Crippen LogP contribution in [0.25, 0.3) is 10.9 Å². The van der Waals surface area contributed by atoms with Gasteiger partial charge in [-0.3, -0.25) is 4.79 Å². The number of ether oxygens (including phenoxy) is 1. The summed E-state index contributed by atoms with van der Waals surface area (Å²) in [5.41, 5.74) is 4.05. The molecule has 2 aromatic rings. The number of methoxy groups -OCH3 is 1. The van der Waals surface area contributed by atoms with E-state index in [1.54, 1.807) is 7.11 Å². The lowest BCUT2D eigenvalue weighted by molar-refractivity contribution is 0.0949. The average Bonchev–Trinajstić information content (AvgIpc) is 2.92. The van der Waals surface area contributed by atoms with E-state index in [-0.39, 0.29) is 5.91 Å². The van der Waals surface area contributed by atoms with E-state index in [1.807, 2.05) is 25.1 Å². The van der Waals surface area contributed by atoms with Crippen LogP contribution < -0.4 is 10.1 Å². The lowest BCUT2D eigenvalue weighted by atomic mass is 9.97. The zero-order valence-corrected chi connectivity index (χ0v) is 13.9. The molecule has 0 aliphatic heterocycles.